The van der Waals surface area contributed by atoms with Gasteiger partial charge in [0, 0.05) is 17.5 Å². The summed E-state index contributed by atoms with van der Waals surface area (Å²) < 4.78 is 5.14. The molecule has 0 N–H and O–H groups in total. The lowest BCUT2D eigenvalue weighted by Crippen LogP contribution is -2.12. The number of carbonyl (C=O) groups is 1. The summed E-state index contributed by atoms with van der Waals surface area (Å²) in [5, 5.41) is 0.660. The fourth-order valence-electron chi connectivity index (χ4n) is 1.43. The second-order valence-electron chi connectivity index (χ2n) is 3.12. The van der Waals surface area contributed by atoms with Crippen LogP contribution in [-0.4, -0.2) is 5.97 Å². The van der Waals surface area contributed by atoms with Crippen LogP contribution in [0.4, 0.5) is 0 Å². The van der Waals surface area contributed by atoms with Gasteiger partial charge in [-0.1, -0.05) is 29.8 Å². The fourth-order valence-corrected chi connectivity index (χ4v) is 1.63. The molecular formula is C11H9ClO2. The number of esters is 1. The van der Waals surface area contributed by atoms with E-state index >= 15 is 0 Å². The molecule has 2 rings (SSSR count). The quantitative estimate of drug-likeness (QED) is 0.664. The van der Waals surface area contributed by atoms with Crippen LogP contribution in [0.5, 0.6) is 0 Å². The molecule has 1 aliphatic rings. The van der Waals surface area contributed by atoms with Crippen molar-refractivity contribution < 1.29 is 9.53 Å². The molecule has 0 aliphatic carbocycles. The Kier molecular flexibility index (Phi) is 2.55. The van der Waals surface area contributed by atoms with Gasteiger partial charge in [0.15, 0.2) is 0 Å². The second kappa shape index (κ2) is 3.84. The number of cyclic esters (lactones) is 1. The third-order valence-electron chi connectivity index (χ3n) is 2.08. The van der Waals surface area contributed by atoms with Crippen molar-refractivity contribution in [2.45, 2.75) is 12.5 Å². The molecule has 0 saturated heterocycles. The molecule has 0 bridgehead atoms. The van der Waals surface area contributed by atoms with Crippen LogP contribution in [0.25, 0.3) is 0 Å². The highest BCUT2D eigenvalue weighted by Crippen LogP contribution is 2.26. The van der Waals surface area contributed by atoms with Crippen molar-refractivity contribution in [2.75, 3.05) is 0 Å². The first-order chi connectivity index (χ1) is 6.75. The lowest BCUT2D eigenvalue weighted by atomic mass is 10.1. The lowest BCUT2D eigenvalue weighted by Gasteiger charge is -2.18. The zero-order valence-electron chi connectivity index (χ0n) is 7.44. The van der Waals surface area contributed by atoms with Gasteiger partial charge in [0.25, 0.3) is 0 Å². The zero-order chi connectivity index (χ0) is 9.97. The predicted molar refractivity (Wildman–Crippen MR) is 54.0 cm³/mol. The SMILES string of the molecule is O=C1C=CCC(c2cccc(Cl)c2)O1. The van der Waals surface area contributed by atoms with Crippen LogP contribution in [0.2, 0.25) is 5.02 Å². The van der Waals surface area contributed by atoms with Gasteiger partial charge in [-0.25, -0.2) is 4.79 Å². The van der Waals surface area contributed by atoms with Crippen LogP contribution in [-0.2, 0) is 9.53 Å². The minimum atomic E-state index is -0.291. The molecule has 3 heteroatoms. The molecule has 0 amide bonds. The fraction of sp³-hybridized carbons (Fsp3) is 0.182. The summed E-state index contributed by atoms with van der Waals surface area (Å²) >= 11 is 5.84. The minimum Gasteiger partial charge on any atom is -0.454 e. The lowest BCUT2D eigenvalue weighted by molar-refractivity contribution is -0.144. The van der Waals surface area contributed by atoms with Crippen LogP contribution in [0.15, 0.2) is 36.4 Å². The maximum absolute atomic E-state index is 11.0. The van der Waals surface area contributed by atoms with Crippen molar-refractivity contribution in [2.24, 2.45) is 0 Å². The molecule has 0 fully saturated rings. The van der Waals surface area contributed by atoms with Gasteiger partial charge in [0.2, 0.25) is 0 Å². The highest BCUT2D eigenvalue weighted by Gasteiger charge is 2.17. The Morgan fingerprint density at radius 2 is 2.29 bits per heavy atom. The molecule has 1 atom stereocenters. The van der Waals surface area contributed by atoms with Gasteiger partial charge < -0.3 is 4.74 Å². The van der Waals surface area contributed by atoms with E-state index < -0.39 is 0 Å². The van der Waals surface area contributed by atoms with Crippen LogP contribution < -0.4 is 0 Å². The van der Waals surface area contributed by atoms with Crippen LogP contribution in [0, 0.1) is 0 Å². The normalized spacial score (nSPS) is 20.6. The summed E-state index contributed by atoms with van der Waals surface area (Å²) in [4.78, 5) is 11.0. The number of rotatable bonds is 1. The second-order valence-corrected chi connectivity index (χ2v) is 3.56. The molecule has 0 spiro atoms. The molecule has 72 valence electrons. The number of benzene rings is 1. The molecule has 14 heavy (non-hydrogen) atoms. The largest absolute Gasteiger partial charge is 0.454 e. The van der Waals surface area contributed by atoms with E-state index in [2.05, 4.69) is 0 Å². The van der Waals surface area contributed by atoms with E-state index in [0.29, 0.717) is 11.4 Å². The van der Waals surface area contributed by atoms with Crippen molar-refractivity contribution in [3.8, 4) is 0 Å². The summed E-state index contributed by atoms with van der Waals surface area (Å²) in [5.41, 5.74) is 0.940. The highest BCUT2D eigenvalue weighted by atomic mass is 35.5. The molecule has 2 nitrogen and oxygen atoms in total. The third kappa shape index (κ3) is 1.96. The number of hydrogen-bond acceptors (Lipinski definition) is 2. The maximum Gasteiger partial charge on any atom is 0.331 e. The average molecular weight is 209 g/mol. The third-order valence-corrected chi connectivity index (χ3v) is 2.32. The van der Waals surface area contributed by atoms with Gasteiger partial charge in [-0.2, -0.15) is 0 Å². The Bertz CT molecular complexity index is 385. The maximum atomic E-state index is 11.0. The van der Waals surface area contributed by atoms with Gasteiger partial charge in [-0.15, -0.1) is 0 Å². The average Bonchev–Trinajstić information content (AvgIpc) is 2.18. The summed E-state index contributed by atoms with van der Waals surface area (Å²) in [6, 6.07) is 7.37. The van der Waals surface area contributed by atoms with E-state index in [1.54, 1.807) is 6.07 Å². The predicted octanol–water partition coefficient (Wildman–Crippen LogP) is 2.88. The van der Waals surface area contributed by atoms with E-state index in [1.807, 2.05) is 24.3 Å². The molecule has 1 aliphatic heterocycles. The summed E-state index contributed by atoms with van der Waals surface area (Å²) in [7, 11) is 0. The molecule has 1 aromatic rings. The van der Waals surface area contributed by atoms with E-state index in [-0.39, 0.29) is 12.1 Å². The van der Waals surface area contributed by atoms with Crippen LogP contribution in [0.3, 0.4) is 0 Å². The van der Waals surface area contributed by atoms with Crippen molar-refractivity contribution in [1.29, 1.82) is 0 Å². The van der Waals surface area contributed by atoms with Gasteiger partial charge in [0.1, 0.15) is 6.10 Å². The Labute approximate surface area is 87.1 Å². The molecular weight excluding hydrogens is 200 g/mol. The molecule has 0 saturated carbocycles. The molecule has 0 radical (unpaired) electrons. The standard InChI is InChI=1S/C11H9ClO2/c12-9-4-1-3-8(7-9)10-5-2-6-11(13)14-10/h1-4,6-7,10H,5H2. The first kappa shape index (κ1) is 9.28. The Morgan fingerprint density at radius 3 is 3.00 bits per heavy atom. The minimum absolute atomic E-state index is 0.189. The summed E-state index contributed by atoms with van der Waals surface area (Å²) in [5.74, 6) is -0.291. The van der Waals surface area contributed by atoms with Crippen LogP contribution in [0.1, 0.15) is 18.1 Å². The van der Waals surface area contributed by atoms with Gasteiger partial charge in [0.05, 0.1) is 0 Å². The smallest absolute Gasteiger partial charge is 0.331 e. The summed E-state index contributed by atoms with van der Waals surface area (Å²) in [6.45, 7) is 0. The topological polar surface area (TPSA) is 26.3 Å². The van der Waals surface area contributed by atoms with E-state index in [0.717, 1.165) is 5.56 Å². The number of hydrogen-bond donors (Lipinski definition) is 0. The Balaban J connectivity index is 2.23. The van der Waals surface area contributed by atoms with Crippen molar-refractivity contribution in [3.05, 3.63) is 47.0 Å². The number of ether oxygens (including phenoxy) is 1. The van der Waals surface area contributed by atoms with Crippen LogP contribution >= 0.6 is 11.6 Å². The summed E-state index contributed by atoms with van der Waals surface area (Å²) in [6.07, 6.45) is 3.79. The van der Waals surface area contributed by atoms with E-state index in [9.17, 15) is 4.79 Å². The van der Waals surface area contributed by atoms with E-state index in [1.165, 1.54) is 6.08 Å². The van der Waals surface area contributed by atoms with Gasteiger partial charge >= 0.3 is 5.97 Å². The van der Waals surface area contributed by atoms with Crippen molar-refractivity contribution >= 4 is 17.6 Å². The Hall–Kier alpha value is -1.28. The van der Waals surface area contributed by atoms with Gasteiger partial charge in [-0.05, 0) is 17.7 Å². The number of carbonyl (C=O) groups excluding carboxylic acids is 1. The van der Waals surface area contributed by atoms with Crippen molar-refractivity contribution in [1.82, 2.24) is 0 Å². The highest BCUT2D eigenvalue weighted by molar-refractivity contribution is 6.30. The Morgan fingerprint density at radius 1 is 1.43 bits per heavy atom. The number of halogens is 1. The van der Waals surface area contributed by atoms with E-state index in [4.69, 9.17) is 16.3 Å². The molecule has 1 unspecified atom stereocenters. The van der Waals surface area contributed by atoms with Crippen molar-refractivity contribution in [3.63, 3.8) is 0 Å². The zero-order valence-corrected chi connectivity index (χ0v) is 8.20. The molecule has 0 aromatic heterocycles. The molecule has 1 heterocycles. The first-order valence-corrected chi connectivity index (χ1v) is 4.76. The molecule has 1 aromatic carbocycles. The first-order valence-electron chi connectivity index (χ1n) is 4.38. The van der Waals surface area contributed by atoms with Gasteiger partial charge in [-0.3, -0.25) is 0 Å². The monoisotopic (exact) mass is 208 g/mol.